The van der Waals surface area contributed by atoms with E-state index in [1.54, 1.807) is 0 Å². The Labute approximate surface area is 84.7 Å². The van der Waals surface area contributed by atoms with Gasteiger partial charge in [0.05, 0.1) is 11.9 Å². The molecule has 1 heterocycles. The van der Waals surface area contributed by atoms with E-state index >= 15 is 0 Å². The van der Waals surface area contributed by atoms with Crippen LogP contribution in [0.3, 0.4) is 0 Å². The van der Waals surface area contributed by atoms with Gasteiger partial charge in [-0.1, -0.05) is 0 Å². The van der Waals surface area contributed by atoms with E-state index in [1.807, 2.05) is 17.9 Å². The van der Waals surface area contributed by atoms with Gasteiger partial charge in [-0.2, -0.15) is 5.10 Å². The lowest BCUT2D eigenvalue weighted by Crippen LogP contribution is -2.22. The first-order valence-corrected chi connectivity index (χ1v) is 5.12. The zero-order valence-electron chi connectivity index (χ0n) is 8.90. The topological polar surface area (TPSA) is 47.1 Å². The third-order valence-corrected chi connectivity index (χ3v) is 2.94. The van der Waals surface area contributed by atoms with Gasteiger partial charge in [-0.05, 0) is 19.9 Å². The zero-order valence-corrected chi connectivity index (χ0v) is 8.90. The van der Waals surface area contributed by atoms with Gasteiger partial charge in [0.2, 0.25) is 0 Å². The van der Waals surface area contributed by atoms with Gasteiger partial charge in [-0.25, -0.2) is 0 Å². The molecule has 0 saturated heterocycles. The number of aromatic nitrogens is 2. The van der Waals surface area contributed by atoms with Crippen LogP contribution in [0, 0.1) is 0 Å². The van der Waals surface area contributed by atoms with Gasteiger partial charge in [0, 0.05) is 31.7 Å². The molecule has 0 aliphatic heterocycles. The normalized spacial score (nSPS) is 16.6. The number of hydrogen-bond donors (Lipinski definition) is 1. The SMILES string of the molecule is CN(Cc1c(CN)cnn1C)C1CC1. The maximum absolute atomic E-state index is 5.66. The minimum atomic E-state index is 0.585. The first-order chi connectivity index (χ1) is 6.72. The molecule has 78 valence electrons. The maximum Gasteiger partial charge on any atom is 0.0565 e. The summed E-state index contributed by atoms with van der Waals surface area (Å²) in [4.78, 5) is 2.39. The molecular formula is C10H18N4. The van der Waals surface area contributed by atoms with Crippen LogP contribution < -0.4 is 5.73 Å². The van der Waals surface area contributed by atoms with Gasteiger partial charge in [0.25, 0.3) is 0 Å². The monoisotopic (exact) mass is 194 g/mol. The molecular weight excluding hydrogens is 176 g/mol. The van der Waals surface area contributed by atoms with Crippen molar-refractivity contribution >= 4 is 0 Å². The van der Waals surface area contributed by atoms with Crippen molar-refractivity contribution in [3.05, 3.63) is 17.5 Å². The smallest absolute Gasteiger partial charge is 0.0565 e. The molecule has 1 saturated carbocycles. The number of rotatable bonds is 4. The molecule has 0 bridgehead atoms. The lowest BCUT2D eigenvalue weighted by molar-refractivity contribution is 0.306. The Kier molecular flexibility index (Phi) is 2.56. The molecule has 1 aliphatic rings. The molecule has 0 aromatic carbocycles. The van der Waals surface area contributed by atoms with Crippen LogP contribution in [0.4, 0.5) is 0 Å². The highest BCUT2D eigenvalue weighted by atomic mass is 15.3. The summed E-state index contributed by atoms with van der Waals surface area (Å²) in [6.07, 6.45) is 4.55. The van der Waals surface area contributed by atoms with Crippen molar-refractivity contribution in [1.82, 2.24) is 14.7 Å². The molecule has 1 aromatic rings. The molecule has 4 heteroatoms. The second-order valence-electron chi connectivity index (χ2n) is 4.09. The summed E-state index contributed by atoms with van der Waals surface area (Å²) >= 11 is 0. The van der Waals surface area contributed by atoms with E-state index < -0.39 is 0 Å². The molecule has 2 N–H and O–H groups in total. The molecule has 0 radical (unpaired) electrons. The lowest BCUT2D eigenvalue weighted by Gasteiger charge is -2.16. The first-order valence-electron chi connectivity index (χ1n) is 5.12. The minimum Gasteiger partial charge on any atom is -0.326 e. The molecule has 0 unspecified atom stereocenters. The van der Waals surface area contributed by atoms with Gasteiger partial charge >= 0.3 is 0 Å². The highest BCUT2D eigenvalue weighted by Crippen LogP contribution is 2.27. The highest BCUT2D eigenvalue weighted by Gasteiger charge is 2.26. The highest BCUT2D eigenvalue weighted by molar-refractivity contribution is 5.17. The summed E-state index contributed by atoms with van der Waals surface area (Å²) in [5.74, 6) is 0. The predicted molar refractivity (Wildman–Crippen MR) is 55.6 cm³/mol. The number of nitrogens with two attached hydrogens (primary N) is 1. The summed E-state index contributed by atoms with van der Waals surface area (Å²) in [7, 11) is 4.15. The third-order valence-electron chi connectivity index (χ3n) is 2.94. The van der Waals surface area contributed by atoms with Crippen molar-refractivity contribution in [2.45, 2.75) is 32.0 Å². The molecule has 4 nitrogen and oxygen atoms in total. The van der Waals surface area contributed by atoms with E-state index in [1.165, 1.54) is 24.1 Å². The second-order valence-corrected chi connectivity index (χ2v) is 4.09. The summed E-state index contributed by atoms with van der Waals surface area (Å²) < 4.78 is 1.93. The van der Waals surface area contributed by atoms with Crippen LogP contribution in [0.5, 0.6) is 0 Å². The summed E-state index contributed by atoms with van der Waals surface area (Å²) in [6.45, 7) is 1.55. The van der Waals surface area contributed by atoms with Crippen molar-refractivity contribution in [3.63, 3.8) is 0 Å². The van der Waals surface area contributed by atoms with Crippen LogP contribution in [0.1, 0.15) is 24.1 Å². The number of hydrogen-bond acceptors (Lipinski definition) is 3. The van der Waals surface area contributed by atoms with Gasteiger partial charge < -0.3 is 5.73 Å². The summed E-state index contributed by atoms with van der Waals surface area (Å²) in [5.41, 5.74) is 8.08. The first kappa shape index (κ1) is 9.68. The standard InChI is InChI=1S/C10H18N4/c1-13(9-3-4-9)7-10-8(5-11)6-12-14(10)2/h6,9H,3-5,7,11H2,1-2H3. The predicted octanol–water partition coefficient (Wildman–Crippen LogP) is 0.473. The Morgan fingerprint density at radius 3 is 2.93 bits per heavy atom. The fourth-order valence-corrected chi connectivity index (χ4v) is 1.76. The molecule has 1 aromatic heterocycles. The maximum atomic E-state index is 5.66. The van der Waals surface area contributed by atoms with Crippen LogP contribution in [0.15, 0.2) is 6.20 Å². The lowest BCUT2D eigenvalue weighted by atomic mass is 10.2. The average molecular weight is 194 g/mol. The average Bonchev–Trinajstić information content (AvgIpc) is 2.95. The van der Waals surface area contributed by atoms with E-state index in [-0.39, 0.29) is 0 Å². The van der Waals surface area contributed by atoms with Crippen molar-refractivity contribution in [2.24, 2.45) is 12.8 Å². The van der Waals surface area contributed by atoms with Crippen LogP contribution in [-0.4, -0.2) is 27.8 Å². The van der Waals surface area contributed by atoms with E-state index in [0.717, 1.165) is 12.6 Å². The fourth-order valence-electron chi connectivity index (χ4n) is 1.76. The van der Waals surface area contributed by atoms with Crippen molar-refractivity contribution < 1.29 is 0 Å². The zero-order chi connectivity index (χ0) is 10.1. The van der Waals surface area contributed by atoms with E-state index in [9.17, 15) is 0 Å². The van der Waals surface area contributed by atoms with Crippen LogP contribution >= 0.6 is 0 Å². The van der Waals surface area contributed by atoms with E-state index in [4.69, 9.17) is 5.73 Å². The minimum absolute atomic E-state index is 0.585. The molecule has 0 spiro atoms. The van der Waals surface area contributed by atoms with Crippen LogP contribution in [-0.2, 0) is 20.1 Å². The Morgan fingerprint density at radius 2 is 2.36 bits per heavy atom. The molecule has 14 heavy (non-hydrogen) atoms. The molecule has 2 rings (SSSR count). The molecule has 1 aliphatic carbocycles. The second kappa shape index (κ2) is 3.71. The van der Waals surface area contributed by atoms with Gasteiger partial charge in [-0.3, -0.25) is 9.58 Å². The van der Waals surface area contributed by atoms with Gasteiger partial charge in [-0.15, -0.1) is 0 Å². The van der Waals surface area contributed by atoms with Crippen molar-refractivity contribution in [3.8, 4) is 0 Å². The van der Waals surface area contributed by atoms with Gasteiger partial charge in [0.1, 0.15) is 0 Å². The number of nitrogens with zero attached hydrogens (tertiary/aromatic N) is 3. The molecule has 0 amide bonds. The van der Waals surface area contributed by atoms with Crippen LogP contribution in [0.25, 0.3) is 0 Å². The van der Waals surface area contributed by atoms with Crippen molar-refractivity contribution in [1.29, 1.82) is 0 Å². The fraction of sp³-hybridized carbons (Fsp3) is 0.700. The Balaban J connectivity index is 2.09. The largest absolute Gasteiger partial charge is 0.326 e. The Hall–Kier alpha value is -0.870. The summed E-state index contributed by atoms with van der Waals surface area (Å²) in [5, 5.41) is 4.23. The van der Waals surface area contributed by atoms with Crippen LogP contribution in [0.2, 0.25) is 0 Å². The van der Waals surface area contributed by atoms with E-state index in [0.29, 0.717) is 6.54 Å². The summed E-state index contributed by atoms with van der Waals surface area (Å²) in [6, 6.07) is 0.788. The van der Waals surface area contributed by atoms with Gasteiger partial charge in [0.15, 0.2) is 0 Å². The Bertz CT molecular complexity index is 314. The third kappa shape index (κ3) is 1.81. The Morgan fingerprint density at radius 1 is 1.64 bits per heavy atom. The molecule has 1 fully saturated rings. The van der Waals surface area contributed by atoms with Crippen molar-refractivity contribution in [2.75, 3.05) is 7.05 Å². The quantitative estimate of drug-likeness (QED) is 0.758. The number of aryl methyl sites for hydroxylation is 1. The van der Waals surface area contributed by atoms with E-state index in [2.05, 4.69) is 17.0 Å². The molecule has 0 atom stereocenters.